The highest BCUT2D eigenvalue weighted by atomic mass is 32.2. The Hall–Kier alpha value is -3.32. The first-order chi connectivity index (χ1) is 15.4. The Labute approximate surface area is 188 Å². The molecule has 1 aliphatic rings. The average Bonchev–Trinajstić information content (AvgIpc) is 2.82. The van der Waals surface area contributed by atoms with Crippen LogP contribution in [0.4, 0.5) is 5.69 Å². The summed E-state index contributed by atoms with van der Waals surface area (Å²) < 4.78 is 34.0. The van der Waals surface area contributed by atoms with E-state index in [4.69, 9.17) is 4.74 Å². The topological polar surface area (TPSA) is 75.7 Å². The lowest BCUT2D eigenvalue weighted by Gasteiger charge is -2.35. The van der Waals surface area contributed by atoms with Gasteiger partial charge in [-0.15, -0.1) is 0 Å². The smallest absolute Gasteiger partial charge is 0.264 e. The Morgan fingerprint density at radius 1 is 1.06 bits per heavy atom. The van der Waals surface area contributed by atoms with Crippen molar-refractivity contribution in [3.8, 4) is 5.75 Å². The zero-order valence-electron chi connectivity index (χ0n) is 18.1. The van der Waals surface area contributed by atoms with Gasteiger partial charge in [-0.05, 0) is 48.2 Å². The molecular formula is C25H26N2O4S. The molecular weight excluding hydrogens is 424 g/mol. The van der Waals surface area contributed by atoms with E-state index < -0.39 is 16.1 Å². The quantitative estimate of drug-likeness (QED) is 0.619. The highest BCUT2D eigenvalue weighted by molar-refractivity contribution is 7.92. The lowest BCUT2D eigenvalue weighted by molar-refractivity contribution is -0.127. The van der Waals surface area contributed by atoms with E-state index in [1.165, 1.54) is 4.31 Å². The van der Waals surface area contributed by atoms with E-state index in [0.29, 0.717) is 18.0 Å². The maximum absolute atomic E-state index is 13.4. The van der Waals surface area contributed by atoms with Gasteiger partial charge in [0, 0.05) is 6.54 Å². The molecule has 32 heavy (non-hydrogen) atoms. The standard InChI is InChI=1S/C25H26N2O4S/c1-18-13-14-23-22(15-18)27(32(29,30)21-11-7-4-8-12-21)17-24(31-23)25(28)26-16-19(2)20-9-5-3-6-10-20/h3-15,19,24H,16-17H2,1-2H3,(H,26,28)/t19-,24-/m1/s1. The van der Waals surface area contributed by atoms with E-state index in [-0.39, 0.29) is 23.3 Å². The van der Waals surface area contributed by atoms with Crippen molar-refractivity contribution in [2.45, 2.75) is 30.8 Å². The van der Waals surface area contributed by atoms with E-state index in [1.807, 2.05) is 50.2 Å². The van der Waals surface area contributed by atoms with E-state index in [1.54, 1.807) is 42.5 Å². The SMILES string of the molecule is Cc1ccc2c(c1)N(S(=O)(=O)c1ccccc1)C[C@H](C(=O)NC[C@@H](C)c1ccccc1)O2. The molecule has 4 rings (SSSR count). The maximum atomic E-state index is 13.4. The molecule has 0 radical (unpaired) electrons. The van der Waals surface area contributed by atoms with Crippen molar-refractivity contribution in [1.82, 2.24) is 5.32 Å². The Morgan fingerprint density at radius 2 is 1.72 bits per heavy atom. The fourth-order valence-electron chi connectivity index (χ4n) is 3.71. The largest absolute Gasteiger partial charge is 0.476 e. The minimum Gasteiger partial charge on any atom is -0.476 e. The highest BCUT2D eigenvalue weighted by Gasteiger charge is 2.37. The van der Waals surface area contributed by atoms with Crippen LogP contribution >= 0.6 is 0 Å². The molecule has 1 heterocycles. The molecule has 0 saturated carbocycles. The Kier molecular flexibility index (Phi) is 6.19. The summed E-state index contributed by atoms with van der Waals surface area (Å²) in [6, 6.07) is 23.4. The van der Waals surface area contributed by atoms with Gasteiger partial charge < -0.3 is 10.1 Å². The van der Waals surface area contributed by atoms with Gasteiger partial charge in [0.15, 0.2) is 6.10 Å². The number of hydrogen-bond donors (Lipinski definition) is 1. The van der Waals surface area contributed by atoms with Crippen molar-refractivity contribution >= 4 is 21.6 Å². The van der Waals surface area contributed by atoms with Crippen molar-refractivity contribution < 1.29 is 17.9 Å². The van der Waals surface area contributed by atoms with E-state index in [0.717, 1.165) is 11.1 Å². The summed E-state index contributed by atoms with van der Waals surface area (Å²) in [5, 5.41) is 2.92. The molecule has 0 aromatic heterocycles. The molecule has 0 fully saturated rings. The Balaban J connectivity index is 1.57. The molecule has 0 bridgehead atoms. The number of fused-ring (bicyclic) bond motifs is 1. The van der Waals surface area contributed by atoms with Crippen molar-refractivity contribution in [1.29, 1.82) is 0 Å². The number of aryl methyl sites for hydroxylation is 1. The van der Waals surface area contributed by atoms with Gasteiger partial charge in [0.2, 0.25) is 0 Å². The number of carbonyl (C=O) groups is 1. The molecule has 0 spiro atoms. The summed E-state index contributed by atoms with van der Waals surface area (Å²) in [7, 11) is -3.86. The molecule has 0 saturated heterocycles. The van der Waals surface area contributed by atoms with Crippen LogP contribution < -0.4 is 14.4 Å². The van der Waals surface area contributed by atoms with Gasteiger partial charge in [-0.1, -0.05) is 61.5 Å². The monoisotopic (exact) mass is 450 g/mol. The molecule has 1 aliphatic heterocycles. The summed E-state index contributed by atoms with van der Waals surface area (Å²) in [5.41, 5.74) is 2.46. The third-order valence-electron chi connectivity index (χ3n) is 5.56. The third-order valence-corrected chi connectivity index (χ3v) is 7.35. The second-order valence-electron chi connectivity index (χ2n) is 7.98. The molecule has 2 atom stereocenters. The Morgan fingerprint density at radius 3 is 2.41 bits per heavy atom. The van der Waals surface area contributed by atoms with Gasteiger partial charge >= 0.3 is 0 Å². The van der Waals surface area contributed by atoms with Crippen LogP contribution in [0, 0.1) is 6.92 Å². The minimum absolute atomic E-state index is 0.0980. The van der Waals surface area contributed by atoms with Crippen molar-refractivity contribution in [2.24, 2.45) is 0 Å². The van der Waals surface area contributed by atoms with Crippen molar-refractivity contribution in [3.05, 3.63) is 90.0 Å². The van der Waals surface area contributed by atoms with Crippen LogP contribution in [0.15, 0.2) is 83.8 Å². The summed E-state index contributed by atoms with van der Waals surface area (Å²) >= 11 is 0. The molecule has 166 valence electrons. The summed E-state index contributed by atoms with van der Waals surface area (Å²) in [4.78, 5) is 13.1. The van der Waals surface area contributed by atoms with E-state index in [2.05, 4.69) is 5.32 Å². The number of benzene rings is 3. The van der Waals surface area contributed by atoms with Gasteiger partial charge in [0.1, 0.15) is 5.75 Å². The predicted octanol–water partition coefficient (Wildman–Crippen LogP) is 3.87. The van der Waals surface area contributed by atoms with Crippen LogP contribution in [0.1, 0.15) is 24.0 Å². The van der Waals surface area contributed by atoms with Crippen LogP contribution in [0.5, 0.6) is 5.75 Å². The van der Waals surface area contributed by atoms with Gasteiger partial charge in [-0.2, -0.15) is 0 Å². The summed E-state index contributed by atoms with van der Waals surface area (Å²) in [6.45, 7) is 4.24. The molecule has 7 heteroatoms. The molecule has 1 amide bonds. The van der Waals surface area contributed by atoms with Crippen LogP contribution in [-0.2, 0) is 14.8 Å². The summed E-state index contributed by atoms with van der Waals surface area (Å²) in [6.07, 6.45) is -0.952. The number of amides is 1. The number of anilines is 1. The first-order valence-electron chi connectivity index (χ1n) is 10.5. The highest BCUT2D eigenvalue weighted by Crippen LogP contribution is 2.37. The third kappa shape index (κ3) is 4.48. The number of carbonyl (C=O) groups excluding carboxylic acids is 1. The number of nitrogens with one attached hydrogen (secondary N) is 1. The first-order valence-corrected chi connectivity index (χ1v) is 12.0. The second kappa shape index (κ2) is 9.04. The van der Waals surface area contributed by atoms with E-state index >= 15 is 0 Å². The van der Waals surface area contributed by atoms with Gasteiger partial charge in [0.25, 0.3) is 15.9 Å². The van der Waals surface area contributed by atoms with Crippen molar-refractivity contribution in [2.75, 3.05) is 17.4 Å². The summed E-state index contributed by atoms with van der Waals surface area (Å²) in [5.74, 6) is 0.146. The Bertz CT molecular complexity index is 1200. The molecule has 0 unspecified atom stereocenters. The number of hydrogen-bond acceptors (Lipinski definition) is 4. The minimum atomic E-state index is -3.86. The number of rotatable bonds is 6. The van der Waals surface area contributed by atoms with Gasteiger partial charge in [-0.25, -0.2) is 8.42 Å². The van der Waals surface area contributed by atoms with Crippen LogP contribution in [0.3, 0.4) is 0 Å². The maximum Gasteiger partial charge on any atom is 0.264 e. The molecule has 1 N–H and O–H groups in total. The number of nitrogens with zero attached hydrogens (tertiary/aromatic N) is 1. The normalized spacial score (nSPS) is 16.6. The lowest BCUT2D eigenvalue weighted by Crippen LogP contribution is -2.51. The number of sulfonamides is 1. The fourth-order valence-corrected chi connectivity index (χ4v) is 5.20. The molecule has 6 nitrogen and oxygen atoms in total. The van der Waals surface area contributed by atoms with Crippen LogP contribution in [0.2, 0.25) is 0 Å². The average molecular weight is 451 g/mol. The van der Waals surface area contributed by atoms with Crippen LogP contribution in [0.25, 0.3) is 0 Å². The first kappa shape index (κ1) is 21.9. The molecule has 3 aromatic rings. The lowest BCUT2D eigenvalue weighted by atomic mass is 10.0. The number of ether oxygens (including phenoxy) is 1. The zero-order chi connectivity index (χ0) is 22.7. The fraction of sp³-hybridized carbons (Fsp3) is 0.240. The molecule has 0 aliphatic carbocycles. The van der Waals surface area contributed by atoms with Crippen LogP contribution in [-0.4, -0.2) is 33.5 Å². The predicted molar refractivity (Wildman–Crippen MR) is 124 cm³/mol. The van der Waals surface area contributed by atoms with Crippen molar-refractivity contribution in [3.63, 3.8) is 0 Å². The second-order valence-corrected chi connectivity index (χ2v) is 9.85. The van der Waals surface area contributed by atoms with Gasteiger partial charge in [-0.3, -0.25) is 9.10 Å². The van der Waals surface area contributed by atoms with E-state index in [9.17, 15) is 13.2 Å². The zero-order valence-corrected chi connectivity index (χ0v) is 18.9. The van der Waals surface area contributed by atoms with Gasteiger partial charge in [0.05, 0.1) is 17.1 Å². The molecule has 3 aromatic carbocycles.